The van der Waals surface area contributed by atoms with Gasteiger partial charge < -0.3 is 9.73 Å². The van der Waals surface area contributed by atoms with Crippen LogP contribution < -0.4 is 5.32 Å². The molecule has 2 aromatic carbocycles. The number of benzene rings is 2. The number of rotatable bonds is 7. The third-order valence-corrected chi connectivity index (χ3v) is 6.05. The molecule has 34 heavy (non-hydrogen) atoms. The van der Waals surface area contributed by atoms with Gasteiger partial charge in [-0.25, -0.2) is 9.97 Å². The fourth-order valence-electron chi connectivity index (χ4n) is 4.24. The predicted octanol–water partition coefficient (Wildman–Crippen LogP) is 4.79. The van der Waals surface area contributed by atoms with E-state index in [9.17, 15) is 0 Å². The zero-order chi connectivity index (χ0) is 22.9. The van der Waals surface area contributed by atoms with Crippen molar-refractivity contribution in [3.63, 3.8) is 0 Å². The van der Waals surface area contributed by atoms with Gasteiger partial charge in [0.15, 0.2) is 5.65 Å². The third-order valence-electron chi connectivity index (χ3n) is 6.05. The number of aryl methyl sites for hydroxylation is 1. The molecule has 0 aliphatic heterocycles. The predicted molar refractivity (Wildman–Crippen MR) is 130 cm³/mol. The maximum absolute atomic E-state index is 5.56. The van der Waals surface area contributed by atoms with Crippen molar-refractivity contribution >= 4 is 27.8 Å². The molecule has 0 unspecified atom stereocenters. The summed E-state index contributed by atoms with van der Waals surface area (Å²) in [5.74, 6) is 0.769. The topological polar surface area (TPSA) is 86.6 Å². The Morgan fingerprint density at radius 2 is 1.74 bits per heavy atom. The Morgan fingerprint density at radius 3 is 2.53 bits per heavy atom. The first-order chi connectivity index (χ1) is 16.7. The largest absolute Gasteiger partial charge is 0.464 e. The lowest BCUT2D eigenvalue weighted by molar-refractivity contribution is 0.615. The second-order valence-electron chi connectivity index (χ2n) is 8.35. The van der Waals surface area contributed by atoms with Crippen LogP contribution in [0.4, 0.5) is 5.82 Å². The number of furan rings is 1. The van der Waals surface area contributed by atoms with Gasteiger partial charge in [0.1, 0.15) is 17.7 Å². The summed E-state index contributed by atoms with van der Waals surface area (Å²) < 4.78 is 9.38. The van der Waals surface area contributed by atoms with Crippen molar-refractivity contribution in [2.45, 2.75) is 26.6 Å². The molecule has 0 aliphatic rings. The SMILES string of the molecule is Cc1ccc2occc2c1CNc1ncnc2nn(Cc3ccc(Cn4cccn4)cc3)cc12. The maximum atomic E-state index is 5.56. The van der Waals surface area contributed by atoms with Gasteiger partial charge in [0.05, 0.1) is 24.7 Å². The summed E-state index contributed by atoms with van der Waals surface area (Å²) in [6.45, 7) is 4.16. The number of hydrogen-bond donors (Lipinski definition) is 1. The lowest BCUT2D eigenvalue weighted by Crippen LogP contribution is -2.04. The molecule has 0 bridgehead atoms. The van der Waals surface area contributed by atoms with Crippen LogP contribution in [0.15, 0.2) is 84.1 Å². The van der Waals surface area contributed by atoms with Gasteiger partial charge in [0, 0.05) is 30.5 Å². The summed E-state index contributed by atoms with van der Waals surface area (Å²) >= 11 is 0. The molecule has 0 aliphatic carbocycles. The highest BCUT2D eigenvalue weighted by molar-refractivity contribution is 5.86. The van der Waals surface area contributed by atoms with Crippen LogP contribution in [-0.2, 0) is 19.6 Å². The van der Waals surface area contributed by atoms with Crippen LogP contribution in [-0.4, -0.2) is 29.5 Å². The number of nitrogens with one attached hydrogen (secondary N) is 1. The molecule has 0 atom stereocenters. The molecule has 0 amide bonds. The molecule has 0 radical (unpaired) electrons. The third kappa shape index (κ3) is 3.90. The van der Waals surface area contributed by atoms with Crippen LogP contribution in [0.2, 0.25) is 0 Å². The molecule has 4 aromatic heterocycles. The maximum Gasteiger partial charge on any atom is 0.186 e. The molecule has 0 saturated carbocycles. The quantitative estimate of drug-likeness (QED) is 0.377. The van der Waals surface area contributed by atoms with Gasteiger partial charge in [0.25, 0.3) is 0 Å². The van der Waals surface area contributed by atoms with E-state index in [1.165, 1.54) is 22.3 Å². The van der Waals surface area contributed by atoms with Gasteiger partial charge >= 0.3 is 0 Å². The summed E-state index contributed by atoms with van der Waals surface area (Å²) in [5.41, 5.74) is 6.34. The van der Waals surface area contributed by atoms with E-state index < -0.39 is 0 Å². The van der Waals surface area contributed by atoms with Crippen molar-refractivity contribution in [2.24, 2.45) is 0 Å². The Morgan fingerprint density at radius 1 is 0.912 bits per heavy atom. The number of hydrogen-bond acceptors (Lipinski definition) is 6. The van der Waals surface area contributed by atoms with Crippen molar-refractivity contribution in [3.8, 4) is 0 Å². The van der Waals surface area contributed by atoms with Crippen LogP contribution >= 0.6 is 0 Å². The zero-order valence-electron chi connectivity index (χ0n) is 18.7. The summed E-state index contributed by atoms with van der Waals surface area (Å²) in [7, 11) is 0. The molecule has 1 N–H and O–H groups in total. The average Bonchev–Trinajstić information content (AvgIpc) is 3.60. The van der Waals surface area contributed by atoms with Gasteiger partial charge in [-0.05, 0) is 47.4 Å². The van der Waals surface area contributed by atoms with Crippen molar-refractivity contribution < 1.29 is 4.42 Å². The van der Waals surface area contributed by atoms with Gasteiger partial charge in [-0.1, -0.05) is 30.3 Å². The molecular weight excluding hydrogens is 426 g/mol. The van der Waals surface area contributed by atoms with Gasteiger partial charge in [0.2, 0.25) is 0 Å². The monoisotopic (exact) mass is 449 g/mol. The van der Waals surface area contributed by atoms with Crippen molar-refractivity contribution in [2.75, 3.05) is 5.32 Å². The lowest BCUT2D eigenvalue weighted by atomic mass is 10.0. The molecule has 0 fully saturated rings. The molecule has 6 rings (SSSR count). The van der Waals surface area contributed by atoms with Crippen LogP contribution in [0.5, 0.6) is 0 Å². The number of nitrogens with zero attached hydrogens (tertiary/aromatic N) is 6. The molecule has 8 nitrogen and oxygen atoms in total. The van der Waals surface area contributed by atoms with E-state index in [1.54, 1.807) is 18.8 Å². The van der Waals surface area contributed by atoms with Crippen molar-refractivity contribution in [1.82, 2.24) is 29.5 Å². The highest BCUT2D eigenvalue weighted by Crippen LogP contribution is 2.25. The molecular formula is C26H23N7O. The Kier molecular flexibility index (Phi) is 5.03. The highest BCUT2D eigenvalue weighted by atomic mass is 16.3. The fraction of sp³-hybridized carbons (Fsp3) is 0.154. The summed E-state index contributed by atoms with van der Waals surface area (Å²) in [5, 5.41) is 14.4. The Bertz CT molecular complexity index is 1560. The van der Waals surface area contributed by atoms with Gasteiger partial charge in [-0.3, -0.25) is 9.36 Å². The summed E-state index contributed by atoms with van der Waals surface area (Å²) in [6, 6.07) is 16.5. The van der Waals surface area contributed by atoms with Crippen LogP contribution in [0.25, 0.3) is 22.0 Å². The minimum atomic E-state index is 0.637. The number of aromatic nitrogens is 6. The van der Waals surface area contributed by atoms with Crippen LogP contribution in [0, 0.1) is 6.92 Å². The van der Waals surface area contributed by atoms with E-state index in [0.717, 1.165) is 28.7 Å². The Balaban J connectivity index is 1.20. The molecule has 0 spiro atoms. The van der Waals surface area contributed by atoms with E-state index in [4.69, 9.17) is 4.42 Å². The van der Waals surface area contributed by atoms with E-state index >= 15 is 0 Å². The standard InChI is InChI=1S/C26H23N7O/c1-18-3-8-24-21(9-12-34-24)22(18)13-27-25-23-16-33(31-26(23)29-17-28-25)15-20-6-4-19(5-7-20)14-32-11-2-10-30-32/h2-12,16-17H,13-15H2,1H3,(H,27,28,29,31). The van der Waals surface area contributed by atoms with E-state index in [1.807, 2.05) is 40.0 Å². The van der Waals surface area contributed by atoms with E-state index in [-0.39, 0.29) is 0 Å². The minimum absolute atomic E-state index is 0.637. The first-order valence-corrected chi connectivity index (χ1v) is 11.2. The second kappa shape index (κ2) is 8.47. The molecule has 0 saturated heterocycles. The highest BCUT2D eigenvalue weighted by Gasteiger charge is 2.11. The van der Waals surface area contributed by atoms with Gasteiger partial charge in [-0.2, -0.15) is 10.2 Å². The number of anilines is 1. The summed E-state index contributed by atoms with van der Waals surface area (Å²) in [4.78, 5) is 8.85. The summed E-state index contributed by atoms with van der Waals surface area (Å²) in [6.07, 6.45) is 9.04. The van der Waals surface area contributed by atoms with Crippen molar-refractivity contribution in [3.05, 3.63) is 102 Å². The molecule has 168 valence electrons. The van der Waals surface area contributed by atoms with E-state index in [2.05, 4.69) is 62.7 Å². The van der Waals surface area contributed by atoms with Gasteiger partial charge in [-0.15, -0.1) is 0 Å². The van der Waals surface area contributed by atoms with Crippen molar-refractivity contribution in [1.29, 1.82) is 0 Å². The molecule has 8 heteroatoms. The van der Waals surface area contributed by atoms with E-state index in [0.29, 0.717) is 18.7 Å². The van der Waals surface area contributed by atoms with Crippen LogP contribution in [0.1, 0.15) is 22.3 Å². The Labute approximate surface area is 195 Å². The number of fused-ring (bicyclic) bond motifs is 2. The second-order valence-corrected chi connectivity index (χ2v) is 8.35. The first-order valence-electron chi connectivity index (χ1n) is 11.2. The van der Waals surface area contributed by atoms with Crippen LogP contribution in [0.3, 0.4) is 0 Å². The lowest BCUT2D eigenvalue weighted by Gasteiger charge is -2.10. The molecule has 6 aromatic rings. The Hall–Kier alpha value is -4.46. The minimum Gasteiger partial charge on any atom is -0.464 e. The normalized spacial score (nSPS) is 11.4. The average molecular weight is 450 g/mol. The zero-order valence-corrected chi connectivity index (χ0v) is 18.7. The first kappa shape index (κ1) is 20.2. The smallest absolute Gasteiger partial charge is 0.186 e. The fourth-order valence-corrected chi connectivity index (χ4v) is 4.24. The molecule has 4 heterocycles.